The minimum absolute atomic E-state index is 0.406. The highest BCUT2D eigenvalue weighted by molar-refractivity contribution is 7.86. The molecule has 31 heavy (non-hydrogen) atoms. The van der Waals surface area contributed by atoms with Gasteiger partial charge in [0.05, 0.1) is 0 Å². The van der Waals surface area contributed by atoms with Crippen molar-refractivity contribution in [2.45, 2.75) is 88.9 Å². The number of para-hydroxylation sites is 1. The first-order chi connectivity index (χ1) is 14.9. The van der Waals surface area contributed by atoms with E-state index < -0.39 is 20.8 Å². The van der Waals surface area contributed by atoms with Gasteiger partial charge in [0.1, 0.15) is 22.1 Å². The van der Waals surface area contributed by atoms with Gasteiger partial charge in [-0.3, -0.25) is 4.55 Å². The van der Waals surface area contributed by atoms with Gasteiger partial charge in [-0.1, -0.05) is 89.3 Å². The van der Waals surface area contributed by atoms with Gasteiger partial charge < -0.3 is 9.84 Å². The summed E-state index contributed by atoms with van der Waals surface area (Å²) in [6.45, 7) is 2.23. The molecule has 2 N–H and O–H groups in total. The number of rotatable bonds is 15. The lowest BCUT2D eigenvalue weighted by atomic mass is 10.0. The fourth-order valence-corrected chi connectivity index (χ4v) is 4.33. The van der Waals surface area contributed by atoms with Crippen molar-refractivity contribution < 1.29 is 22.8 Å². The van der Waals surface area contributed by atoms with Gasteiger partial charge >= 0.3 is 0 Å². The van der Waals surface area contributed by atoms with Crippen molar-refractivity contribution in [3.05, 3.63) is 48.0 Å². The fraction of sp³-hybridized carbons (Fsp3) is 0.520. The predicted molar refractivity (Wildman–Crippen MR) is 125 cm³/mol. The van der Waals surface area contributed by atoms with Gasteiger partial charge in [-0.15, -0.1) is 0 Å². The molecule has 0 unspecified atom stereocenters. The first kappa shape index (κ1) is 25.2. The number of hydrogen-bond acceptors (Lipinski definition) is 4. The van der Waals surface area contributed by atoms with Gasteiger partial charge in [0.25, 0.3) is 10.1 Å². The van der Waals surface area contributed by atoms with Gasteiger partial charge in [-0.25, -0.2) is 0 Å². The van der Waals surface area contributed by atoms with E-state index in [-0.39, 0.29) is 0 Å². The smallest absolute Gasteiger partial charge is 0.298 e. The molecule has 0 aliphatic carbocycles. The molecule has 0 fully saturated rings. The van der Waals surface area contributed by atoms with Crippen molar-refractivity contribution in [3.8, 4) is 17.2 Å². The van der Waals surface area contributed by atoms with E-state index in [1.807, 2.05) is 18.2 Å². The van der Waals surface area contributed by atoms with Crippen LogP contribution in [0.5, 0.6) is 17.2 Å². The number of hydrogen-bond donors (Lipinski definition) is 2. The molecule has 2 rings (SSSR count). The topological polar surface area (TPSA) is 83.8 Å². The van der Waals surface area contributed by atoms with Crippen molar-refractivity contribution in [2.24, 2.45) is 0 Å². The van der Waals surface area contributed by atoms with E-state index in [0.717, 1.165) is 19.3 Å². The molecule has 5 nitrogen and oxygen atoms in total. The lowest BCUT2D eigenvalue weighted by Crippen LogP contribution is -2.02. The molecule has 6 heteroatoms. The van der Waals surface area contributed by atoms with Crippen molar-refractivity contribution in [2.75, 3.05) is 0 Å². The maximum Gasteiger partial charge on any atom is 0.298 e. The average molecular weight is 449 g/mol. The molecule has 0 amide bonds. The van der Waals surface area contributed by atoms with Crippen molar-refractivity contribution >= 4 is 10.1 Å². The Morgan fingerprint density at radius 1 is 0.774 bits per heavy atom. The Hall–Kier alpha value is -2.05. The molecule has 0 saturated carbocycles. The van der Waals surface area contributed by atoms with Crippen LogP contribution < -0.4 is 4.74 Å². The fourth-order valence-electron chi connectivity index (χ4n) is 3.72. The minimum atomic E-state index is -4.51. The number of phenols is 1. The Bertz CT molecular complexity index is 878. The Morgan fingerprint density at radius 3 is 1.87 bits per heavy atom. The summed E-state index contributed by atoms with van der Waals surface area (Å²) in [7, 11) is -4.51. The van der Waals surface area contributed by atoms with Gasteiger partial charge in [0, 0.05) is 5.56 Å². The highest BCUT2D eigenvalue weighted by atomic mass is 32.2. The molecule has 0 spiro atoms. The molecule has 2 aromatic carbocycles. The molecule has 0 aliphatic rings. The van der Waals surface area contributed by atoms with Crippen LogP contribution in [0.2, 0.25) is 0 Å². The zero-order valence-corrected chi connectivity index (χ0v) is 19.4. The van der Waals surface area contributed by atoms with Crippen molar-refractivity contribution in [1.29, 1.82) is 0 Å². The third kappa shape index (κ3) is 8.91. The van der Waals surface area contributed by atoms with Crippen LogP contribution in [0.4, 0.5) is 0 Å². The molecule has 0 atom stereocenters. The first-order valence-electron chi connectivity index (χ1n) is 11.5. The summed E-state index contributed by atoms with van der Waals surface area (Å²) in [6, 6.07) is 11.8. The number of unbranched alkanes of at least 4 members (excludes halogenated alkanes) is 10. The van der Waals surface area contributed by atoms with Crippen molar-refractivity contribution in [1.82, 2.24) is 0 Å². The van der Waals surface area contributed by atoms with Gasteiger partial charge in [-0.2, -0.15) is 8.42 Å². The quantitative estimate of drug-likeness (QED) is 0.221. The van der Waals surface area contributed by atoms with Crippen LogP contribution >= 0.6 is 0 Å². The zero-order valence-electron chi connectivity index (χ0n) is 18.6. The summed E-state index contributed by atoms with van der Waals surface area (Å²) in [6.07, 6.45) is 13.7. The average Bonchev–Trinajstić information content (AvgIpc) is 2.73. The van der Waals surface area contributed by atoms with E-state index in [4.69, 9.17) is 4.74 Å². The second-order valence-corrected chi connectivity index (χ2v) is 9.45. The summed E-state index contributed by atoms with van der Waals surface area (Å²) >= 11 is 0. The van der Waals surface area contributed by atoms with Crippen LogP contribution in [-0.4, -0.2) is 18.1 Å². The van der Waals surface area contributed by atoms with E-state index in [2.05, 4.69) is 6.92 Å². The highest BCUT2D eigenvalue weighted by Crippen LogP contribution is 2.37. The molecule has 0 aliphatic heterocycles. The molecule has 0 heterocycles. The summed E-state index contributed by atoms with van der Waals surface area (Å²) < 4.78 is 38.5. The van der Waals surface area contributed by atoms with E-state index >= 15 is 0 Å². The molecule has 2 aromatic rings. The number of aromatic hydroxyl groups is 1. The summed E-state index contributed by atoms with van der Waals surface area (Å²) in [4.78, 5) is -0.481. The number of ether oxygens (including phenoxy) is 1. The van der Waals surface area contributed by atoms with Crippen LogP contribution in [-0.2, 0) is 16.5 Å². The van der Waals surface area contributed by atoms with E-state index in [1.54, 1.807) is 12.1 Å². The minimum Gasteiger partial charge on any atom is -0.506 e. The SMILES string of the molecule is CCCCCCCCCCCCCc1c(Oc2ccccc2)ccc(S(=O)(=O)O)c1O. The van der Waals surface area contributed by atoms with Crippen LogP contribution in [0.25, 0.3) is 0 Å². The normalized spacial score (nSPS) is 11.5. The standard InChI is InChI=1S/C25H36O5S/c1-2-3-4-5-6-7-8-9-10-11-15-18-22-23(30-21-16-13-12-14-17-21)19-20-24(25(22)26)31(27,28)29/h12-14,16-17,19-20,26H,2-11,15,18H2,1H3,(H,27,28,29). The first-order valence-corrected chi connectivity index (χ1v) is 12.9. The van der Waals surface area contributed by atoms with E-state index in [9.17, 15) is 18.1 Å². The second kappa shape index (κ2) is 13.4. The maximum absolute atomic E-state index is 11.6. The molecule has 0 bridgehead atoms. The predicted octanol–water partition coefficient (Wildman–Crippen LogP) is 7.28. The largest absolute Gasteiger partial charge is 0.506 e. The van der Waals surface area contributed by atoms with Gasteiger partial charge in [-0.05, 0) is 37.1 Å². The van der Waals surface area contributed by atoms with Crippen molar-refractivity contribution in [3.63, 3.8) is 0 Å². The molecule has 172 valence electrons. The summed E-state index contributed by atoms with van der Waals surface area (Å²) in [5, 5.41) is 10.5. The van der Waals surface area contributed by atoms with E-state index in [1.165, 1.54) is 63.5 Å². The van der Waals surface area contributed by atoms with Gasteiger partial charge in [0.15, 0.2) is 0 Å². The van der Waals surface area contributed by atoms with Crippen LogP contribution in [0, 0.1) is 0 Å². The molecular weight excluding hydrogens is 412 g/mol. The summed E-state index contributed by atoms with van der Waals surface area (Å²) in [5.41, 5.74) is 0.412. The van der Waals surface area contributed by atoms with Crippen LogP contribution in [0.15, 0.2) is 47.4 Å². The zero-order chi connectivity index (χ0) is 22.5. The Morgan fingerprint density at radius 2 is 1.32 bits per heavy atom. The number of benzene rings is 2. The molecular formula is C25H36O5S. The molecule has 0 radical (unpaired) electrons. The molecule has 0 saturated heterocycles. The highest BCUT2D eigenvalue weighted by Gasteiger charge is 2.21. The van der Waals surface area contributed by atoms with Crippen LogP contribution in [0.1, 0.15) is 83.1 Å². The monoisotopic (exact) mass is 448 g/mol. The lowest BCUT2D eigenvalue weighted by Gasteiger charge is -2.15. The Kier molecular flexibility index (Phi) is 10.9. The molecule has 0 aromatic heterocycles. The third-order valence-corrected chi connectivity index (χ3v) is 6.37. The lowest BCUT2D eigenvalue weighted by molar-refractivity contribution is 0.421. The van der Waals surface area contributed by atoms with Gasteiger partial charge in [0.2, 0.25) is 0 Å². The maximum atomic E-state index is 11.6. The Labute approximate surface area is 187 Å². The number of phenolic OH excluding ortho intramolecular Hbond substituents is 1. The Balaban J connectivity index is 1.89. The second-order valence-electron chi connectivity index (χ2n) is 8.06. The summed E-state index contributed by atoms with van der Waals surface area (Å²) in [5.74, 6) is 0.577. The van der Waals surface area contributed by atoms with Crippen LogP contribution in [0.3, 0.4) is 0 Å². The third-order valence-electron chi connectivity index (χ3n) is 5.48. The van der Waals surface area contributed by atoms with E-state index in [0.29, 0.717) is 23.5 Å².